The van der Waals surface area contributed by atoms with Crippen molar-refractivity contribution in [2.24, 2.45) is 0 Å². The van der Waals surface area contributed by atoms with Gasteiger partial charge < -0.3 is 18.8 Å². The molecule has 1 saturated heterocycles. The lowest BCUT2D eigenvalue weighted by Gasteiger charge is -2.34. The van der Waals surface area contributed by atoms with Gasteiger partial charge in [0.15, 0.2) is 0 Å². The quantitative estimate of drug-likeness (QED) is 0.851. The number of rotatable bonds is 5. The fourth-order valence-electron chi connectivity index (χ4n) is 2.83. The van der Waals surface area contributed by atoms with Crippen molar-refractivity contribution in [3.8, 4) is 5.75 Å². The molecule has 0 spiro atoms. The first-order chi connectivity index (χ1) is 11.3. The van der Waals surface area contributed by atoms with E-state index in [-0.39, 0.29) is 11.9 Å². The Kier molecular flexibility index (Phi) is 4.98. The van der Waals surface area contributed by atoms with Gasteiger partial charge >= 0.3 is 0 Å². The van der Waals surface area contributed by atoms with Crippen LogP contribution in [0.3, 0.4) is 0 Å². The largest absolute Gasteiger partial charge is 0.497 e. The third-order valence-corrected chi connectivity index (χ3v) is 4.14. The number of carbonyl (C=O) groups is 1. The van der Waals surface area contributed by atoms with Gasteiger partial charge in [-0.05, 0) is 49.2 Å². The van der Waals surface area contributed by atoms with Crippen molar-refractivity contribution in [1.82, 2.24) is 4.90 Å². The summed E-state index contributed by atoms with van der Waals surface area (Å²) in [4.78, 5) is 14.9. The van der Waals surface area contributed by atoms with E-state index in [9.17, 15) is 4.79 Å². The van der Waals surface area contributed by atoms with Crippen molar-refractivity contribution in [2.75, 3.05) is 20.3 Å². The molecule has 2 aromatic rings. The third-order valence-electron chi connectivity index (χ3n) is 4.14. The van der Waals surface area contributed by atoms with Crippen LogP contribution < -0.4 is 4.74 Å². The summed E-state index contributed by atoms with van der Waals surface area (Å²) < 4.78 is 16.0. The Labute approximate surface area is 135 Å². The lowest BCUT2D eigenvalue weighted by atomic mass is 10.0. The monoisotopic (exact) mass is 315 g/mol. The zero-order valence-electron chi connectivity index (χ0n) is 13.2. The maximum Gasteiger partial charge on any atom is 0.254 e. The summed E-state index contributed by atoms with van der Waals surface area (Å²) in [5, 5.41) is 0. The van der Waals surface area contributed by atoms with Crippen molar-refractivity contribution in [2.45, 2.75) is 25.4 Å². The molecule has 5 nitrogen and oxygen atoms in total. The second-order valence-electron chi connectivity index (χ2n) is 5.58. The van der Waals surface area contributed by atoms with Gasteiger partial charge in [0.1, 0.15) is 11.5 Å². The SMILES string of the molecule is COc1ccc(C(=O)N(Cc2ccco2)C2CCOCC2)cc1. The zero-order valence-corrected chi connectivity index (χ0v) is 13.2. The van der Waals surface area contributed by atoms with Crippen molar-refractivity contribution in [3.05, 3.63) is 54.0 Å². The number of hydrogen-bond donors (Lipinski definition) is 0. The van der Waals surface area contributed by atoms with E-state index in [2.05, 4.69) is 0 Å². The van der Waals surface area contributed by atoms with Gasteiger partial charge in [-0.1, -0.05) is 0 Å². The van der Waals surface area contributed by atoms with Gasteiger partial charge in [-0.25, -0.2) is 0 Å². The van der Waals surface area contributed by atoms with Crippen LogP contribution in [0.1, 0.15) is 29.0 Å². The molecule has 2 heterocycles. The first-order valence-electron chi connectivity index (χ1n) is 7.83. The molecule has 122 valence electrons. The fraction of sp³-hybridized carbons (Fsp3) is 0.389. The van der Waals surface area contributed by atoms with Crippen LogP contribution in [0.25, 0.3) is 0 Å². The molecule has 1 aromatic heterocycles. The van der Waals surface area contributed by atoms with Gasteiger partial charge in [-0.15, -0.1) is 0 Å². The molecule has 0 saturated carbocycles. The Balaban J connectivity index is 1.81. The van der Waals surface area contributed by atoms with E-state index in [1.165, 1.54) is 0 Å². The van der Waals surface area contributed by atoms with E-state index >= 15 is 0 Å². The molecule has 0 unspecified atom stereocenters. The highest BCUT2D eigenvalue weighted by Crippen LogP contribution is 2.21. The van der Waals surface area contributed by atoms with Crippen LogP contribution in [-0.4, -0.2) is 37.2 Å². The average molecular weight is 315 g/mol. The lowest BCUT2D eigenvalue weighted by Crippen LogP contribution is -2.42. The third kappa shape index (κ3) is 3.74. The van der Waals surface area contributed by atoms with E-state index in [0.29, 0.717) is 25.3 Å². The summed E-state index contributed by atoms with van der Waals surface area (Å²) in [5.41, 5.74) is 0.656. The maximum atomic E-state index is 13.0. The standard InChI is InChI=1S/C18H21NO4/c1-21-16-6-4-14(5-7-16)18(20)19(13-17-3-2-10-23-17)15-8-11-22-12-9-15/h2-7,10,15H,8-9,11-13H2,1H3. The summed E-state index contributed by atoms with van der Waals surface area (Å²) >= 11 is 0. The molecule has 23 heavy (non-hydrogen) atoms. The Bertz CT molecular complexity index is 615. The molecule has 1 aliphatic heterocycles. The minimum Gasteiger partial charge on any atom is -0.497 e. The molecule has 0 radical (unpaired) electrons. The molecule has 1 fully saturated rings. The van der Waals surface area contributed by atoms with Crippen LogP contribution in [0.5, 0.6) is 5.75 Å². The highest BCUT2D eigenvalue weighted by atomic mass is 16.5. The second-order valence-corrected chi connectivity index (χ2v) is 5.58. The van der Waals surface area contributed by atoms with E-state index in [1.807, 2.05) is 29.2 Å². The summed E-state index contributed by atoms with van der Waals surface area (Å²) in [6, 6.07) is 11.1. The van der Waals surface area contributed by atoms with Crippen molar-refractivity contribution in [3.63, 3.8) is 0 Å². The van der Waals surface area contributed by atoms with Crippen LogP contribution in [0.4, 0.5) is 0 Å². The topological polar surface area (TPSA) is 51.9 Å². The number of carbonyl (C=O) groups excluding carboxylic acids is 1. The normalized spacial score (nSPS) is 15.3. The molecular weight excluding hydrogens is 294 g/mol. The maximum absolute atomic E-state index is 13.0. The van der Waals surface area contributed by atoms with Gasteiger partial charge in [0.25, 0.3) is 5.91 Å². The van der Waals surface area contributed by atoms with Crippen LogP contribution in [0, 0.1) is 0 Å². The second kappa shape index (κ2) is 7.33. The molecule has 5 heteroatoms. The highest BCUT2D eigenvalue weighted by molar-refractivity contribution is 5.94. The number of furan rings is 1. The molecule has 1 aliphatic rings. The molecule has 0 N–H and O–H groups in total. The van der Waals surface area contributed by atoms with E-state index in [0.717, 1.165) is 24.4 Å². The van der Waals surface area contributed by atoms with Gasteiger partial charge in [0.05, 0.1) is 19.9 Å². The zero-order chi connectivity index (χ0) is 16.1. The van der Waals surface area contributed by atoms with Crippen molar-refractivity contribution >= 4 is 5.91 Å². The molecule has 0 aliphatic carbocycles. The summed E-state index contributed by atoms with van der Waals surface area (Å²) in [6.07, 6.45) is 3.33. The van der Waals surface area contributed by atoms with Gasteiger partial charge in [0.2, 0.25) is 0 Å². The fourth-order valence-corrected chi connectivity index (χ4v) is 2.83. The van der Waals surface area contributed by atoms with E-state index in [1.54, 1.807) is 25.5 Å². The van der Waals surface area contributed by atoms with Crippen LogP contribution in [0.2, 0.25) is 0 Å². The Morgan fingerprint density at radius 2 is 1.96 bits per heavy atom. The van der Waals surface area contributed by atoms with Crippen LogP contribution in [0.15, 0.2) is 47.1 Å². The lowest BCUT2D eigenvalue weighted by molar-refractivity contribution is 0.0250. The van der Waals surface area contributed by atoms with Crippen LogP contribution in [-0.2, 0) is 11.3 Å². The van der Waals surface area contributed by atoms with Gasteiger partial charge in [-0.3, -0.25) is 4.79 Å². The number of nitrogens with zero attached hydrogens (tertiary/aromatic N) is 1. The number of ether oxygens (including phenoxy) is 2. The summed E-state index contributed by atoms with van der Waals surface area (Å²) in [7, 11) is 1.61. The molecule has 0 atom stereocenters. The Morgan fingerprint density at radius 3 is 2.57 bits per heavy atom. The number of methoxy groups -OCH3 is 1. The first kappa shape index (κ1) is 15.6. The van der Waals surface area contributed by atoms with Crippen molar-refractivity contribution < 1.29 is 18.7 Å². The number of amides is 1. The predicted octanol–water partition coefficient (Wildman–Crippen LogP) is 3.11. The Morgan fingerprint density at radius 1 is 1.22 bits per heavy atom. The first-order valence-corrected chi connectivity index (χ1v) is 7.83. The summed E-state index contributed by atoms with van der Waals surface area (Å²) in [5.74, 6) is 1.54. The van der Waals surface area contributed by atoms with Gasteiger partial charge in [-0.2, -0.15) is 0 Å². The molecule has 3 rings (SSSR count). The number of hydrogen-bond acceptors (Lipinski definition) is 4. The minimum atomic E-state index is 0.0101. The molecule has 1 amide bonds. The van der Waals surface area contributed by atoms with Gasteiger partial charge in [0, 0.05) is 24.8 Å². The minimum absolute atomic E-state index is 0.0101. The molecular formula is C18H21NO4. The molecule has 1 aromatic carbocycles. The number of benzene rings is 1. The predicted molar refractivity (Wildman–Crippen MR) is 85.4 cm³/mol. The smallest absolute Gasteiger partial charge is 0.254 e. The van der Waals surface area contributed by atoms with E-state index < -0.39 is 0 Å². The van der Waals surface area contributed by atoms with Crippen molar-refractivity contribution in [1.29, 1.82) is 0 Å². The average Bonchev–Trinajstić information content (AvgIpc) is 3.13. The Hall–Kier alpha value is -2.27. The van der Waals surface area contributed by atoms with E-state index in [4.69, 9.17) is 13.9 Å². The molecule has 0 bridgehead atoms. The summed E-state index contributed by atoms with van der Waals surface area (Å²) in [6.45, 7) is 1.85. The highest BCUT2D eigenvalue weighted by Gasteiger charge is 2.27. The van der Waals surface area contributed by atoms with Crippen LogP contribution >= 0.6 is 0 Å².